The molecule has 0 atom stereocenters. The molecule has 9 heteroatoms. The minimum atomic E-state index is -3.55. The molecule has 2 aromatic heterocycles. The SMILES string of the molecule is Cn1cc(S(=O)(=O)N2CCCN(C(=O)c3cccs3)CC2)cn1. The van der Waals surface area contributed by atoms with E-state index in [2.05, 4.69) is 5.10 Å². The first-order valence-corrected chi connectivity index (χ1v) is 9.62. The number of hydrogen-bond donors (Lipinski definition) is 0. The molecule has 23 heavy (non-hydrogen) atoms. The summed E-state index contributed by atoms with van der Waals surface area (Å²) in [6, 6.07) is 3.64. The number of carbonyl (C=O) groups is 1. The van der Waals surface area contributed by atoms with Crippen LogP contribution in [-0.2, 0) is 17.1 Å². The van der Waals surface area contributed by atoms with Crippen molar-refractivity contribution in [3.8, 4) is 0 Å². The van der Waals surface area contributed by atoms with Crippen molar-refractivity contribution in [2.75, 3.05) is 26.2 Å². The standard InChI is InChI=1S/C14H18N4O3S2/c1-16-11-12(10-15-16)23(20,21)18-6-3-5-17(7-8-18)14(19)13-4-2-9-22-13/h2,4,9-11H,3,5-8H2,1H3. The lowest BCUT2D eigenvalue weighted by atomic mass is 10.3. The van der Waals surface area contributed by atoms with E-state index in [0.29, 0.717) is 37.5 Å². The normalized spacial score (nSPS) is 17.2. The molecule has 1 fully saturated rings. The lowest BCUT2D eigenvalue weighted by molar-refractivity contribution is 0.0769. The predicted molar refractivity (Wildman–Crippen MR) is 86.8 cm³/mol. The van der Waals surface area contributed by atoms with Crippen LogP contribution in [0, 0.1) is 0 Å². The zero-order valence-electron chi connectivity index (χ0n) is 12.8. The van der Waals surface area contributed by atoms with Crippen molar-refractivity contribution in [1.29, 1.82) is 0 Å². The van der Waals surface area contributed by atoms with Gasteiger partial charge in [0.05, 0.1) is 11.1 Å². The molecule has 0 aliphatic carbocycles. The van der Waals surface area contributed by atoms with Crippen LogP contribution in [0.1, 0.15) is 16.1 Å². The third-order valence-electron chi connectivity index (χ3n) is 3.79. The topological polar surface area (TPSA) is 75.5 Å². The van der Waals surface area contributed by atoms with Gasteiger partial charge in [0.1, 0.15) is 4.90 Å². The number of rotatable bonds is 3. The van der Waals surface area contributed by atoms with E-state index in [-0.39, 0.29) is 10.8 Å². The van der Waals surface area contributed by atoms with Gasteiger partial charge < -0.3 is 4.90 Å². The summed E-state index contributed by atoms with van der Waals surface area (Å²) < 4.78 is 28.2. The average Bonchev–Trinajstić information content (AvgIpc) is 3.13. The van der Waals surface area contributed by atoms with Crippen LogP contribution in [0.2, 0.25) is 0 Å². The summed E-state index contributed by atoms with van der Waals surface area (Å²) in [6.45, 7) is 1.67. The molecular weight excluding hydrogens is 336 g/mol. The first-order valence-electron chi connectivity index (χ1n) is 7.30. The number of hydrogen-bond acceptors (Lipinski definition) is 5. The molecule has 0 unspecified atom stereocenters. The van der Waals surface area contributed by atoms with Crippen molar-refractivity contribution in [2.24, 2.45) is 7.05 Å². The van der Waals surface area contributed by atoms with Crippen LogP contribution < -0.4 is 0 Å². The average molecular weight is 354 g/mol. The van der Waals surface area contributed by atoms with Gasteiger partial charge in [-0.15, -0.1) is 11.3 Å². The quantitative estimate of drug-likeness (QED) is 0.825. The highest BCUT2D eigenvalue weighted by molar-refractivity contribution is 7.89. The molecule has 0 radical (unpaired) electrons. The van der Waals surface area contributed by atoms with Crippen LogP contribution in [0.25, 0.3) is 0 Å². The van der Waals surface area contributed by atoms with Gasteiger partial charge in [0.15, 0.2) is 0 Å². The van der Waals surface area contributed by atoms with Crippen molar-refractivity contribution >= 4 is 27.3 Å². The lowest BCUT2D eigenvalue weighted by Gasteiger charge is -2.21. The Hall–Kier alpha value is -1.71. The minimum absolute atomic E-state index is 0.0272. The van der Waals surface area contributed by atoms with Crippen LogP contribution in [0.15, 0.2) is 34.8 Å². The van der Waals surface area contributed by atoms with Gasteiger partial charge in [-0.05, 0) is 17.9 Å². The number of nitrogens with zero attached hydrogens (tertiary/aromatic N) is 4. The molecule has 3 heterocycles. The van der Waals surface area contributed by atoms with Gasteiger partial charge >= 0.3 is 0 Å². The van der Waals surface area contributed by atoms with Gasteiger partial charge in [0, 0.05) is 39.4 Å². The summed E-state index contributed by atoms with van der Waals surface area (Å²) in [7, 11) is -1.87. The van der Waals surface area contributed by atoms with Crippen molar-refractivity contribution in [1.82, 2.24) is 19.0 Å². The summed E-state index contributed by atoms with van der Waals surface area (Å²) >= 11 is 1.40. The molecule has 1 aliphatic rings. The van der Waals surface area contributed by atoms with Gasteiger partial charge in [0.25, 0.3) is 5.91 Å². The van der Waals surface area contributed by atoms with E-state index in [9.17, 15) is 13.2 Å². The second-order valence-electron chi connectivity index (χ2n) is 5.38. The maximum Gasteiger partial charge on any atom is 0.263 e. The van der Waals surface area contributed by atoms with Crippen LogP contribution in [0.5, 0.6) is 0 Å². The highest BCUT2D eigenvalue weighted by atomic mass is 32.2. The third-order valence-corrected chi connectivity index (χ3v) is 6.50. The maximum atomic E-state index is 12.6. The Morgan fingerprint density at radius 3 is 2.74 bits per heavy atom. The Morgan fingerprint density at radius 1 is 1.26 bits per heavy atom. The van der Waals surface area contributed by atoms with Gasteiger partial charge in [-0.25, -0.2) is 8.42 Å². The summed E-state index contributed by atoms with van der Waals surface area (Å²) in [5.41, 5.74) is 0. The number of sulfonamides is 1. The van der Waals surface area contributed by atoms with Crippen LogP contribution in [0.4, 0.5) is 0 Å². The number of aromatic nitrogens is 2. The highest BCUT2D eigenvalue weighted by Gasteiger charge is 2.29. The molecule has 0 bridgehead atoms. The summed E-state index contributed by atoms with van der Waals surface area (Å²) in [5.74, 6) is -0.0272. The highest BCUT2D eigenvalue weighted by Crippen LogP contribution is 2.19. The van der Waals surface area contributed by atoms with Crippen molar-refractivity contribution in [2.45, 2.75) is 11.3 Å². The second kappa shape index (κ2) is 6.42. The van der Waals surface area contributed by atoms with Crippen LogP contribution >= 0.6 is 11.3 Å². The molecule has 2 aromatic rings. The molecule has 3 rings (SSSR count). The Morgan fingerprint density at radius 2 is 2.09 bits per heavy atom. The van der Waals surface area contributed by atoms with Crippen LogP contribution in [-0.4, -0.2) is 59.5 Å². The van der Waals surface area contributed by atoms with Gasteiger partial charge in [0.2, 0.25) is 10.0 Å². The predicted octanol–water partition coefficient (Wildman–Crippen LogP) is 1.02. The smallest absolute Gasteiger partial charge is 0.263 e. The fraction of sp³-hybridized carbons (Fsp3) is 0.429. The molecule has 0 spiro atoms. The molecule has 0 aromatic carbocycles. The molecule has 0 saturated carbocycles. The molecule has 1 amide bonds. The van der Waals surface area contributed by atoms with Crippen LogP contribution in [0.3, 0.4) is 0 Å². The number of thiophene rings is 1. The van der Waals surface area contributed by atoms with E-state index >= 15 is 0 Å². The number of carbonyl (C=O) groups excluding carboxylic acids is 1. The van der Waals surface area contributed by atoms with E-state index in [4.69, 9.17) is 0 Å². The summed E-state index contributed by atoms with van der Waals surface area (Å²) in [6.07, 6.45) is 3.47. The van der Waals surface area contributed by atoms with Crippen molar-refractivity contribution in [3.63, 3.8) is 0 Å². The molecule has 1 saturated heterocycles. The van der Waals surface area contributed by atoms with E-state index in [1.807, 2.05) is 11.4 Å². The van der Waals surface area contributed by atoms with E-state index in [1.54, 1.807) is 18.0 Å². The number of amides is 1. The summed E-state index contributed by atoms with van der Waals surface area (Å²) in [5, 5.41) is 5.79. The Labute approximate surface area is 139 Å². The maximum absolute atomic E-state index is 12.6. The van der Waals surface area contributed by atoms with Gasteiger partial charge in [-0.3, -0.25) is 9.48 Å². The van der Waals surface area contributed by atoms with Crippen molar-refractivity contribution in [3.05, 3.63) is 34.8 Å². The Kier molecular flexibility index (Phi) is 4.51. The molecular formula is C14H18N4O3S2. The third kappa shape index (κ3) is 3.31. The Balaban J connectivity index is 1.72. The fourth-order valence-corrected chi connectivity index (χ4v) is 4.72. The zero-order chi connectivity index (χ0) is 16.4. The van der Waals surface area contributed by atoms with E-state index in [0.717, 1.165) is 0 Å². The van der Waals surface area contributed by atoms with Gasteiger partial charge in [-0.1, -0.05) is 6.07 Å². The Bertz CT molecular complexity index is 783. The van der Waals surface area contributed by atoms with E-state index in [1.165, 1.54) is 32.7 Å². The number of aryl methyl sites for hydroxylation is 1. The monoisotopic (exact) mass is 354 g/mol. The van der Waals surface area contributed by atoms with Gasteiger partial charge in [-0.2, -0.15) is 9.40 Å². The molecule has 124 valence electrons. The summed E-state index contributed by atoms with van der Waals surface area (Å²) in [4.78, 5) is 15.0. The fourth-order valence-electron chi connectivity index (χ4n) is 2.57. The molecule has 0 N–H and O–H groups in total. The molecule has 1 aliphatic heterocycles. The molecule has 7 nitrogen and oxygen atoms in total. The zero-order valence-corrected chi connectivity index (χ0v) is 14.4. The van der Waals surface area contributed by atoms with E-state index < -0.39 is 10.0 Å². The lowest BCUT2D eigenvalue weighted by Crippen LogP contribution is -2.37. The largest absolute Gasteiger partial charge is 0.337 e. The minimum Gasteiger partial charge on any atom is -0.337 e. The van der Waals surface area contributed by atoms with Crippen molar-refractivity contribution < 1.29 is 13.2 Å². The first kappa shape index (κ1) is 16.2. The first-order chi connectivity index (χ1) is 11.0. The second-order valence-corrected chi connectivity index (χ2v) is 8.26.